The molecule has 1 unspecified atom stereocenters. The molecule has 0 rings (SSSR count). The number of hydrogen-bond acceptors (Lipinski definition) is 0. The first-order chi connectivity index (χ1) is 1.73. The van der Waals surface area contributed by atoms with E-state index in [1.54, 1.807) is 0 Å². The minimum Gasteiger partial charge on any atom is -0.0987 e. The van der Waals surface area contributed by atoms with Crippen LogP contribution in [0, 0.1) is 0 Å². The van der Waals surface area contributed by atoms with E-state index in [2.05, 4.69) is 15.9 Å². The number of halogens is 3. The van der Waals surface area contributed by atoms with Gasteiger partial charge in [-0.2, -0.15) is 0 Å². The molecule has 0 fully saturated rings. The molecule has 3 heteroatoms. The van der Waals surface area contributed by atoms with E-state index in [0.29, 0.717) is 0 Å². The van der Waals surface area contributed by atoms with E-state index in [0.717, 1.165) is 0 Å². The van der Waals surface area contributed by atoms with Gasteiger partial charge < -0.3 is 0 Å². The smallest absolute Gasteiger partial charge is 0.0987 e. The van der Waals surface area contributed by atoms with Crippen LogP contribution in [-0.4, -0.2) is 2.29 Å². The van der Waals surface area contributed by atoms with Gasteiger partial charge in [0.25, 0.3) is 0 Å². The topological polar surface area (TPSA) is 0 Å². The number of alkyl halides is 3. The van der Waals surface area contributed by atoms with Gasteiger partial charge in [-0.05, 0) is 0 Å². The van der Waals surface area contributed by atoms with Gasteiger partial charge in [0.05, 0.1) is 0 Å². The summed E-state index contributed by atoms with van der Waals surface area (Å²) >= 11 is 10.2. The molecule has 0 aliphatic heterocycles. The molecule has 0 saturated carbocycles. The Morgan fingerprint density at radius 3 is 2.00 bits per heavy atom. The fourth-order valence-electron chi connectivity index (χ4n) is 0. The average molecular weight is 255 g/mol. The summed E-state index contributed by atoms with van der Waals surface area (Å²) in [7, 11) is 0. The molecule has 0 heterocycles. The fourth-order valence-corrected chi connectivity index (χ4v) is 0. The molecule has 0 aliphatic carbocycles. The lowest BCUT2D eigenvalue weighted by Crippen LogP contribution is -1.50. The second kappa shape index (κ2) is 2.72. The van der Waals surface area contributed by atoms with Crippen molar-refractivity contribution in [3.63, 3.8) is 0 Å². The maximum absolute atomic E-state index is 5.18. The third-order valence-corrected chi connectivity index (χ3v) is 0. The molecule has 0 nitrogen and oxygen atoms in total. The zero-order valence-electron chi connectivity index (χ0n) is 1.71. The van der Waals surface area contributed by atoms with Crippen molar-refractivity contribution in [3.8, 4) is 0 Å². The van der Waals surface area contributed by atoms with Crippen LogP contribution in [0.15, 0.2) is 0 Å². The molecule has 1 atom stereocenters. The molecule has 0 bridgehead atoms. The van der Waals surface area contributed by atoms with Crippen molar-refractivity contribution in [2.24, 2.45) is 0 Å². The third-order valence-electron chi connectivity index (χ3n) is 0. The standard InChI is InChI=1S/CHBrClI/c2-1(3)4/h1H. The molecule has 0 aromatic heterocycles. The van der Waals surface area contributed by atoms with Crippen molar-refractivity contribution in [2.75, 3.05) is 0 Å². The monoisotopic (exact) mass is 254 g/mol. The van der Waals surface area contributed by atoms with Crippen LogP contribution in [-0.2, 0) is 0 Å². The van der Waals surface area contributed by atoms with E-state index in [4.69, 9.17) is 11.6 Å². The van der Waals surface area contributed by atoms with Gasteiger partial charge in [-0.1, -0.05) is 50.1 Å². The highest BCUT2D eigenvalue weighted by atomic mass is 127. The van der Waals surface area contributed by atoms with Gasteiger partial charge in [0, 0.05) is 0 Å². The van der Waals surface area contributed by atoms with Crippen molar-refractivity contribution < 1.29 is 0 Å². The summed E-state index contributed by atoms with van der Waals surface area (Å²) in [4.78, 5) is 0. The molecule has 0 aliphatic rings. The van der Waals surface area contributed by atoms with Crippen LogP contribution in [0.25, 0.3) is 0 Å². The first kappa shape index (κ1) is 5.50. The quantitative estimate of drug-likeness (QED) is 0.460. The van der Waals surface area contributed by atoms with Crippen molar-refractivity contribution in [2.45, 2.75) is 2.29 Å². The Kier molecular flexibility index (Phi) is 3.74. The Hall–Kier alpha value is 1.50. The highest BCUT2D eigenvalue weighted by Gasteiger charge is 1.77. The first-order valence-electron chi connectivity index (χ1n) is 0.655. The summed E-state index contributed by atoms with van der Waals surface area (Å²) in [5, 5.41) is 0. The van der Waals surface area contributed by atoms with E-state index in [1.165, 1.54) is 0 Å². The largest absolute Gasteiger partial charge is 0.139 e. The third kappa shape index (κ3) is 9.72. The Morgan fingerprint density at radius 2 is 2.00 bits per heavy atom. The van der Waals surface area contributed by atoms with E-state index in [-0.39, 0.29) is 2.29 Å². The Morgan fingerprint density at radius 1 is 2.00 bits per heavy atom. The van der Waals surface area contributed by atoms with Crippen molar-refractivity contribution in [3.05, 3.63) is 0 Å². The first-order valence-corrected chi connectivity index (χ1v) is 3.25. The molecular weight excluding hydrogens is 254 g/mol. The predicted octanol–water partition coefficient (Wildman–Crippen LogP) is 2.34. The van der Waals surface area contributed by atoms with Crippen LogP contribution < -0.4 is 0 Å². The number of hydrogen-bond donors (Lipinski definition) is 0. The van der Waals surface area contributed by atoms with Crippen LogP contribution in [0.3, 0.4) is 0 Å². The molecule has 0 aromatic rings. The van der Waals surface area contributed by atoms with Gasteiger partial charge in [-0.3, -0.25) is 0 Å². The van der Waals surface area contributed by atoms with E-state index in [9.17, 15) is 0 Å². The number of rotatable bonds is 0. The van der Waals surface area contributed by atoms with Gasteiger partial charge in [-0.15, -0.1) is 0 Å². The van der Waals surface area contributed by atoms with Crippen molar-refractivity contribution in [1.29, 1.82) is 0 Å². The zero-order valence-corrected chi connectivity index (χ0v) is 6.21. The molecule has 0 N–H and O–H groups in total. The molecule has 0 spiro atoms. The molecule has 0 saturated heterocycles. The van der Waals surface area contributed by atoms with E-state index >= 15 is 0 Å². The van der Waals surface area contributed by atoms with Crippen LogP contribution in [0.5, 0.6) is 0 Å². The van der Waals surface area contributed by atoms with Gasteiger partial charge in [0.15, 0.2) is 0 Å². The minimum atomic E-state index is 0.0881. The predicted molar refractivity (Wildman–Crippen MR) is 32.6 cm³/mol. The Balaban J connectivity index is 2.32. The maximum Gasteiger partial charge on any atom is 0.139 e. The summed E-state index contributed by atoms with van der Waals surface area (Å²) in [6, 6.07) is 0. The van der Waals surface area contributed by atoms with Crippen LogP contribution >= 0.6 is 50.1 Å². The van der Waals surface area contributed by atoms with Gasteiger partial charge in [0.2, 0.25) is 0 Å². The molecule has 4 heavy (non-hydrogen) atoms. The summed E-state index contributed by atoms with van der Waals surface area (Å²) < 4.78 is 0.0881. The van der Waals surface area contributed by atoms with Gasteiger partial charge in [-0.25, -0.2) is 0 Å². The Labute approximate surface area is 52.2 Å². The molecule has 26 valence electrons. The van der Waals surface area contributed by atoms with Crippen molar-refractivity contribution >= 4 is 50.1 Å². The van der Waals surface area contributed by atoms with Crippen molar-refractivity contribution in [1.82, 2.24) is 0 Å². The van der Waals surface area contributed by atoms with Crippen LogP contribution in [0.2, 0.25) is 0 Å². The van der Waals surface area contributed by atoms with Crippen LogP contribution in [0.1, 0.15) is 0 Å². The lowest BCUT2D eigenvalue weighted by Gasteiger charge is -1.70. The molecule has 0 aromatic carbocycles. The maximum atomic E-state index is 5.18. The molecule has 0 radical (unpaired) electrons. The van der Waals surface area contributed by atoms with Gasteiger partial charge >= 0.3 is 0 Å². The second-order valence-corrected chi connectivity index (χ2v) is 5.82. The molecule has 0 amide bonds. The summed E-state index contributed by atoms with van der Waals surface area (Å²) in [6.45, 7) is 0. The van der Waals surface area contributed by atoms with E-state index in [1.807, 2.05) is 22.6 Å². The summed E-state index contributed by atoms with van der Waals surface area (Å²) in [6.07, 6.45) is 0. The average Bonchev–Trinajstić information content (AvgIpc) is 0.811. The highest BCUT2D eigenvalue weighted by molar-refractivity contribution is 14.1. The lowest BCUT2D eigenvalue weighted by molar-refractivity contribution is 2.22. The Bertz CT molecular complexity index is 12.8. The summed E-state index contributed by atoms with van der Waals surface area (Å²) in [5.74, 6) is 0. The van der Waals surface area contributed by atoms with E-state index < -0.39 is 0 Å². The zero-order chi connectivity index (χ0) is 3.58. The van der Waals surface area contributed by atoms with Crippen LogP contribution in [0.4, 0.5) is 0 Å². The summed E-state index contributed by atoms with van der Waals surface area (Å²) in [5.41, 5.74) is 0. The molecular formula is CHBrClI. The normalized spacial score (nSPS) is 15.8. The van der Waals surface area contributed by atoms with Gasteiger partial charge in [0.1, 0.15) is 2.29 Å². The SMILES string of the molecule is ClC(Br)I. The lowest BCUT2D eigenvalue weighted by atomic mass is 11.9. The fraction of sp³-hybridized carbons (Fsp3) is 1.00. The minimum absolute atomic E-state index is 0.0881. The highest BCUT2D eigenvalue weighted by Crippen LogP contribution is 2.11. The second-order valence-electron chi connectivity index (χ2n) is 0.247.